The molecule has 0 radical (unpaired) electrons. The number of hydrogen-bond donors (Lipinski definition) is 1. The van der Waals surface area contributed by atoms with Gasteiger partial charge in [-0.15, -0.1) is 0 Å². The highest BCUT2D eigenvalue weighted by atomic mass is 35.5. The quantitative estimate of drug-likeness (QED) is 0.629. The first-order chi connectivity index (χ1) is 11.8. The molecule has 1 saturated heterocycles. The summed E-state index contributed by atoms with van der Waals surface area (Å²) in [6.07, 6.45) is 1.68. The molecule has 130 valence electrons. The van der Waals surface area contributed by atoms with Crippen LogP contribution < -0.4 is 9.75 Å². The van der Waals surface area contributed by atoms with Gasteiger partial charge in [0.2, 0.25) is 0 Å². The van der Waals surface area contributed by atoms with Gasteiger partial charge in [0.25, 0.3) is 5.91 Å². The third kappa shape index (κ3) is 3.15. The molecule has 0 aliphatic carbocycles. The van der Waals surface area contributed by atoms with Crippen LogP contribution in [-0.4, -0.2) is 27.1 Å². The molecule has 0 saturated carbocycles. The number of amides is 1. The maximum atomic E-state index is 12.8. The lowest BCUT2D eigenvalue weighted by molar-refractivity contribution is -0.114. The van der Waals surface area contributed by atoms with Crippen molar-refractivity contribution >= 4 is 51.9 Å². The van der Waals surface area contributed by atoms with Gasteiger partial charge in [-0.25, -0.2) is 0 Å². The molecule has 1 aliphatic heterocycles. The number of halogens is 1. The van der Waals surface area contributed by atoms with Crippen LogP contribution in [0.3, 0.4) is 0 Å². The van der Waals surface area contributed by atoms with Gasteiger partial charge in [-0.3, -0.25) is 9.47 Å². The van der Waals surface area contributed by atoms with Crippen LogP contribution >= 0.6 is 35.6 Å². The Morgan fingerprint density at radius 2 is 1.92 bits per heavy atom. The van der Waals surface area contributed by atoms with Crippen molar-refractivity contribution in [3.8, 4) is 11.5 Å². The molecule has 25 heavy (non-hydrogen) atoms. The summed E-state index contributed by atoms with van der Waals surface area (Å²) in [4.78, 5) is 13.3. The zero-order valence-corrected chi connectivity index (χ0v) is 16.1. The van der Waals surface area contributed by atoms with E-state index < -0.39 is 0 Å². The van der Waals surface area contributed by atoms with Gasteiger partial charge in [0, 0.05) is 11.4 Å². The number of carbonyl (C=O) groups is 1. The Kier molecular flexibility index (Phi) is 4.81. The first kappa shape index (κ1) is 17.8. The van der Waals surface area contributed by atoms with Crippen molar-refractivity contribution in [1.82, 2.24) is 4.68 Å². The number of aromatic nitrogens is 1. The standard InChI is InChI=1S/C17H15ClN2O3S2/c1-9-4-5-10(2)19(9)20-16(22)14(25-17(20)24)8-11-6-12(18)15(21)13(7-11)23-3/h4-8,21H,1-3H3/b14-8-. The molecule has 8 heteroatoms. The highest BCUT2D eigenvalue weighted by Crippen LogP contribution is 2.38. The first-order valence-corrected chi connectivity index (χ1v) is 8.93. The molecule has 0 spiro atoms. The van der Waals surface area contributed by atoms with E-state index in [4.69, 9.17) is 28.6 Å². The first-order valence-electron chi connectivity index (χ1n) is 7.33. The Hall–Kier alpha value is -1.96. The number of benzene rings is 1. The highest BCUT2D eigenvalue weighted by Gasteiger charge is 2.34. The van der Waals surface area contributed by atoms with Gasteiger partial charge in [0.15, 0.2) is 15.8 Å². The van der Waals surface area contributed by atoms with Crippen molar-refractivity contribution in [3.05, 3.63) is 51.1 Å². The van der Waals surface area contributed by atoms with E-state index in [0.717, 1.165) is 11.4 Å². The lowest BCUT2D eigenvalue weighted by Gasteiger charge is -2.20. The number of phenolic OH excluding ortho intramolecular Hbond substituents is 1. The van der Waals surface area contributed by atoms with Crippen LogP contribution in [0.1, 0.15) is 17.0 Å². The van der Waals surface area contributed by atoms with Gasteiger partial charge in [-0.2, -0.15) is 5.01 Å². The summed E-state index contributed by atoms with van der Waals surface area (Å²) < 4.78 is 7.34. The second-order valence-corrected chi connectivity index (χ2v) is 7.56. The molecular weight excluding hydrogens is 380 g/mol. The van der Waals surface area contributed by atoms with Crippen molar-refractivity contribution in [2.45, 2.75) is 13.8 Å². The molecule has 1 fully saturated rings. The number of phenols is 1. The summed E-state index contributed by atoms with van der Waals surface area (Å²) in [6, 6.07) is 7.04. The van der Waals surface area contributed by atoms with Crippen molar-refractivity contribution < 1.29 is 14.6 Å². The minimum atomic E-state index is -0.208. The smallest absolute Gasteiger partial charge is 0.285 e. The Bertz CT molecular complexity index is 901. The average Bonchev–Trinajstić information content (AvgIpc) is 3.02. The molecule has 0 unspecified atom stereocenters. The zero-order chi connectivity index (χ0) is 18.3. The van der Waals surface area contributed by atoms with Crippen molar-refractivity contribution in [2.75, 3.05) is 12.1 Å². The van der Waals surface area contributed by atoms with Crippen molar-refractivity contribution in [3.63, 3.8) is 0 Å². The Balaban J connectivity index is 2.00. The van der Waals surface area contributed by atoms with E-state index in [1.54, 1.807) is 22.9 Å². The minimum absolute atomic E-state index is 0.132. The number of hydrogen-bond acceptors (Lipinski definition) is 5. The molecule has 3 rings (SSSR count). The van der Waals surface area contributed by atoms with Crippen LogP contribution in [0.15, 0.2) is 29.2 Å². The van der Waals surface area contributed by atoms with Crippen molar-refractivity contribution in [2.24, 2.45) is 0 Å². The lowest BCUT2D eigenvalue weighted by atomic mass is 10.2. The van der Waals surface area contributed by atoms with E-state index in [0.29, 0.717) is 14.8 Å². The molecule has 1 N–H and O–H groups in total. The van der Waals surface area contributed by atoms with E-state index in [1.165, 1.54) is 23.9 Å². The molecule has 1 aliphatic rings. The predicted molar refractivity (Wildman–Crippen MR) is 105 cm³/mol. The normalized spacial score (nSPS) is 16.2. The summed E-state index contributed by atoms with van der Waals surface area (Å²) >= 11 is 12.6. The largest absolute Gasteiger partial charge is 0.503 e. The van der Waals surface area contributed by atoms with Gasteiger partial charge in [-0.1, -0.05) is 23.4 Å². The summed E-state index contributed by atoms with van der Waals surface area (Å²) in [6.45, 7) is 3.83. The molecule has 1 amide bonds. The van der Waals surface area contributed by atoms with Crippen LogP contribution in [-0.2, 0) is 4.79 Å². The van der Waals surface area contributed by atoms with Gasteiger partial charge >= 0.3 is 0 Å². The third-order valence-electron chi connectivity index (χ3n) is 3.78. The number of aryl methyl sites for hydroxylation is 2. The predicted octanol–water partition coefficient (Wildman–Crippen LogP) is 4.01. The molecule has 5 nitrogen and oxygen atoms in total. The van der Waals surface area contributed by atoms with Crippen LogP contribution in [0.5, 0.6) is 11.5 Å². The molecule has 1 aromatic carbocycles. The number of aromatic hydroxyl groups is 1. The molecule has 1 aromatic heterocycles. The molecule has 2 heterocycles. The van der Waals surface area contributed by atoms with E-state index >= 15 is 0 Å². The fourth-order valence-corrected chi connectivity index (χ4v) is 4.05. The summed E-state index contributed by atoms with van der Waals surface area (Å²) in [5, 5.41) is 11.5. The minimum Gasteiger partial charge on any atom is -0.503 e. The molecule has 0 bridgehead atoms. The number of carbonyl (C=O) groups excluding carboxylic acids is 1. The monoisotopic (exact) mass is 394 g/mol. The maximum absolute atomic E-state index is 12.8. The number of ether oxygens (including phenoxy) is 1. The average molecular weight is 395 g/mol. The number of methoxy groups -OCH3 is 1. The fourth-order valence-electron chi connectivity index (χ4n) is 2.59. The van der Waals surface area contributed by atoms with E-state index in [2.05, 4.69) is 0 Å². The molecule has 0 atom stereocenters. The van der Waals surface area contributed by atoms with E-state index in [9.17, 15) is 9.90 Å². The second-order valence-electron chi connectivity index (χ2n) is 5.48. The van der Waals surface area contributed by atoms with Gasteiger partial charge < -0.3 is 9.84 Å². The summed E-state index contributed by atoms with van der Waals surface area (Å²) in [7, 11) is 1.44. The van der Waals surface area contributed by atoms with E-state index in [1.807, 2.05) is 26.0 Å². The zero-order valence-electron chi connectivity index (χ0n) is 13.7. The third-order valence-corrected chi connectivity index (χ3v) is 5.35. The van der Waals surface area contributed by atoms with E-state index in [-0.39, 0.29) is 22.4 Å². The number of thioether (sulfide) groups is 1. The molecular formula is C17H15ClN2O3S2. The number of thiocarbonyl (C=S) groups is 1. The van der Waals surface area contributed by atoms with Crippen LogP contribution in [0.25, 0.3) is 6.08 Å². The fraction of sp³-hybridized carbons (Fsp3) is 0.176. The Morgan fingerprint density at radius 3 is 2.52 bits per heavy atom. The van der Waals surface area contributed by atoms with Crippen molar-refractivity contribution in [1.29, 1.82) is 0 Å². The lowest BCUT2D eigenvalue weighted by Crippen LogP contribution is -2.39. The highest BCUT2D eigenvalue weighted by molar-refractivity contribution is 8.27. The Morgan fingerprint density at radius 1 is 1.28 bits per heavy atom. The van der Waals surface area contributed by atoms with Crippen LogP contribution in [0.4, 0.5) is 0 Å². The number of rotatable bonds is 3. The van der Waals surface area contributed by atoms with Gasteiger partial charge in [0.1, 0.15) is 0 Å². The SMILES string of the molecule is COc1cc(/C=C2\SC(=S)N(n3c(C)ccc3C)C2=O)cc(Cl)c1O. The maximum Gasteiger partial charge on any atom is 0.285 e. The number of nitrogens with zero attached hydrogens (tertiary/aromatic N) is 2. The van der Waals surface area contributed by atoms with Crippen LogP contribution in [0.2, 0.25) is 5.02 Å². The van der Waals surface area contributed by atoms with Gasteiger partial charge in [0.05, 0.1) is 17.0 Å². The second kappa shape index (κ2) is 6.74. The topological polar surface area (TPSA) is 54.7 Å². The van der Waals surface area contributed by atoms with Gasteiger partial charge in [-0.05, 0) is 62.0 Å². The Labute approximate surface area is 159 Å². The molecule has 2 aromatic rings. The van der Waals surface area contributed by atoms with Crippen LogP contribution in [0, 0.1) is 13.8 Å². The summed E-state index contributed by atoms with van der Waals surface area (Å²) in [5.74, 6) is -0.0978. The summed E-state index contributed by atoms with van der Waals surface area (Å²) in [5.41, 5.74) is 2.48.